The second-order valence-electron chi connectivity index (χ2n) is 3.23. The molecule has 0 fully saturated rings. The summed E-state index contributed by atoms with van der Waals surface area (Å²) in [6, 6.07) is 9.06. The van der Waals surface area contributed by atoms with Crippen molar-refractivity contribution in [1.29, 1.82) is 0 Å². The van der Waals surface area contributed by atoms with E-state index in [4.69, 9.17) is 4.74 Å². The van der Waals surface area contributed by atoms with Gasteiger partial charge in [-0.15, -0.1) is 0 Å². The van der Waals surface area contributed by atoms with Gasteiger partial charge in [0.25, 0.3) is 0 Å². The summed E-state index contributed by atoms with van der Waals surface area (Å²) in [6.07, 6.45) is 0. The third kappa shape index (κ3) is 4.16. The van der Waals surface area contributed by atoms with Crippen LogP contribution in [0.3, 0.4) is 0 Å². The summed E-state index contributed by atoms with van der Waals surface area (Å²) in [6.45, 7) is 1.61. The molecular formula is C11H14O3S. The quantitative estimate of drug-likeness (QED) is 0.738. The zero-order valence-corrected chi connectivity index (χ0v) is 9.62. The summed E-state index contributed by atoms with van der Waals surface area (Å²) >= 11 is 0. The molecule has 4 heteroatoms. The average Bonchev–Trinajstić information content (AvgIpc) is 2.17. The molecule has 0 aromatic heterocycles. The lowest BCUT2D eigenvalue weighted by atomic mass is 10.2. The summed E-state index contributed by atoms with van der Waals surface area (Å²) in [5, 5.41) is 1.15. The third-order valence-corrected chi connectivity index (χ3v) is 3.30. The van der Waals surface area contributed by atoms with Crippen LogP contribution in [-0.4, -0.2) is 15.5 Å². The van der Waals surface area contributed by atoms with E-state index < -0.39 is 9.84 Å². The number of rotatable bonds is 4. The first-order valence-corrected chi connectivity index (χ1v) is 6.24. The van der Waals surface area contributed by atoms with Gasteiger partial charge in [0.15, 0.2) is 9.84 Å². The summed E-state index contributed by atoms with van der Waals surface area (Å²) in [4.78, 5) is 0. The normalized spacial score (nSPS) is 12.5. The molecule has 0 unspecified atom stereocenters. The molecule has 0 aliphatic heterocycles. The molecular weight excluding hydrogens is 212 g/mol. The van der Waals surface area contributed by atoms with Gasteiger partial charge in [0.05, 0.1) is 18.3 Å². The lowest BCUT2D eigenvalue weighted by Gasteiger charge is -2.01. The Morgan fingerprint density at radius 2 is 1.93 bits per heavy atom. The largest absolute Gasteiger partial charge is 0.501 e. The maximum Gasteiger partial charge on any atom is 0.179 e. The van der Waals surface area contributed by atoms with Crippen LogP contribution in [0, 0.1) is 0 Å². The zero-order chi connectivity index (χ0) is 11.3. The Balaban J connectivity index is 2.83. The lowest BCUT2D eigenvalue weighted by molar-refractivity contribution is 0.294. The molecule has 3 nitrogen and oxygen atoms in total. The van der Waals surface area contributed by atoms with E-state index in [0.29, 0.717) is 5.76 Å². The smallest absolute Gasteiger partial charge is 0.179 e. The SMILES string of the molecule is COC(C)=CS(=O)(=O)Cc1ccccc1. The van der Waals surface area contributed by atoms with Crippen LogP contribution in [-0.2, 0) is 20.3 Å². The minimum absolute atomic E-state index is 0.00847. The van der Waals surface area contributed by atoms with Crippen LogP contribution in [0.4, 0.5) is 0 Å². The van der Waals surface area contributed by atoms with E-state index in [1.807, 2.05) is 18.2 Å². The van der Waals surface area contributed by atoms with Crippen molar-refractivity contribution in [2.24, 2.45) is 0 Å². The Kier molecular flexibility index (Phi) is 3.91. The Hall–Kier alpha value is -1.29. The van der Waals surface area contributed by atoms with Crippen LogP contribution >= 0.6 is 0 Å². The second kappa shape index (κ2) is 4.98. The van der Waals surface area contributed by atoms with Gasteiger partial charge in [0, 0.05) is 0 Å². The summed E-state index contributed by atoms with van der Waals surface area (Å²) in [5.41, 5.74) is 0.776. The first-order chi connectivity index (χ1) is 7.03. The molecule has 15 heavy (non-hydrogen) atoms. The number of sulfone groups is 1. The minimum Gasteiger partial charge on any atom is -0.501 e. The number of hydrogen-bond donors (Lipinski definition) is 0. The maximum atomic E-state index is 11.6. The lowest BCUT2D eigenvalue weighted by Crippen LogP contribution is -2.01. The van der Waals surface area contributed by atoms with Crippen molar-refractivity contribution < 1.29 is 13.2 Å². The van der Waals surface area contributed by atoms with E-state index in [2.05, 4.69) is 0 Å². The Morgan fingerprint density at radius 1 is 1.33 bits per heavy atom. The van der Waals surface area contributed by atoms with Gasteiger partial charge in [-0.1, -0.05) is 30.3 Å². The molecule has 1 aromatic carbocycles. The molecule has 0 atom stereocenters. The molecule has 0 amide bonds. The van der Waals surface area contributed by atoms with Gasteiger partial charge >= 0.3 is 0 Å². The molecule has 0 saturated carbocycles. The van der Waals surface area contributed by atoms with Gasteiger partial charge in [-0.05, 0) is 12.5 Å². The van der Waals surface area contributed by atoms with Crippen molar-refractivity contribution >= 4 is 9.84 Å². The van der Waals surface area contributed by atoms with E-state index in [1.54, 1.807) is 19.1 Å². The molecule has 0 bridgehead atoms. The molecule has 1 rings (SSSR count). The number of ether oxygens (including phenoxy) is 1. The fourth-order valence-corrected chi connectivity index (χ4v) is 2.49. The molecule has 1 aromatic rings. The highest BCUT2D eigenvalue weighted by atomic mass is 32.2. The Morgan fingerprint density at radius 3 is 2.47 bits per heavy atom. The maximum absolute atomic E-state index is 11.6. The minimum atomic E-state index is -3.23. The van der Waals surface area contributed by atoms with Gasteiger partial charge in [0.2, 0.25) is 0 Å². The predicted molar refractivity (Wildman–Crippen MR) is 59.8 cm³/mol. The molecule has 0 spiro atoms. The molecule has 82 valence electrons. The van der Waals surface area contributed by atoms with Crippen molar-refractivity contribution in [3.63, 3.8) is 0 Å². The van der Waals surface area contributed by atoms with Gasteiger partial charge in [-0.3, -0.25) is 0 Å². The second-order valence-corrected chi connectivity index (χ2v) is 5.08. The molecule has 0 aliphatic rings. The van der Waals surface area contributed by atoms with Crippen LogP contribution < -0.4 is 0 Å². The number of methoxy groups -OCH3 is 1. The first-order valence-electron chi connectivity index (χ1n) is 4.52. The van der Waals surface area contributed by atoms with E-state index in [1.165, 1.54) is 7.11 Å². The van der Waals surface area contributed by atoms with Crippen molar-refractivity contribution in [3.05, 3.63) is 47.1 Å². The zero-order valence-electron chi connectivity index (χ0n) is 8.80. The van der Waals surface area contributed by atoms with Crippen molar-refractivity contribution in [2.75, 3.05) is 7.11 Å². The van der Waals surface area contributed by atoms with Gasteiger partial charge in [-0.2, -0.15) is 0 Å². The third-order valence-electron chi connectivity index (χ3n) is 1.88. The number of hydrogen-bond acceptors (Lipinski definition) is 3. The van der Waals surface area contributed by atoms with Crippen LogP contribution in [0.1, 0.15) is 12.5 Å². The topological polar surface area (TPSA) is 43.4 Å². The fraction of sp³-hybridized carbons (Fsp3) is 0.273. The summed E-state index contributed by atoms with van der Waals surface area (Å²) in [7, 11) is -1.78. The van der Waals surface area contributed by atoms with E-state index in [0.717, 1.165) is 11.0 Å². The summed E-state index contributed by atoms with van der Waals surface area (Å²) in [5.74, 6) is 0.403. The van der Waals surface area contributed by atoms with Crippen LogP contribution in [0.15, 0.2) is 41.5 Å². The summed E-state index contributed by atoms with van der Waals surface area (Å²) < 4.78 is 28.0. The average molecular weight is 226 g/mol. The van der Waals surface area contributed by atoms with Crippen molar-refractivity contribution in [1.82, 2.24) is 0 Å². The van der Waals surface area contributed by atoms with Gasteiger partial charge < -0.3 is 4.74 Å². The van der Waals surface area contributed by atoms with E-state index >= 15 is 0 Å². The van der Waals surface area contributed by atoms with Crippen molar-refractivity contribution in [2.45, 2.75) is 12.7 Å². The van der Waals surface area contributed by atoms with E-state index in [-0.39, 0.29) is 5.75 Å². The van der Waals surface area contributed by atoms with Crippen LogP contribution in [0.2, 0.25) is 0 Å². The molecule has 0 radical (unpaired) electrons. The fourth-order valence-electron chi connectivity index (χ4n) is 1.15. The highest BCUT2D eigenvalue weighted by molar-refractivity contribution is 7.93. The predicted octanol–water partition coefficient (Wildman–Crippen LogP) is 2.11. The molecule has 0 heterocycles. The highest BCUT2D eigenvalue weighted by Gasteiger charge is 2.08. The Bertz CT molecular complexity index is 432. The number of benzene rings is 1. The van der Waals surface area contributed by atoms with E-state index in [9.17, 15) is 8.42 Å². The monoisotopic (exact) mass is 226 g/mol. The first kappa shape index (κ1) is 11.8. The molecule has 0 N–H and O–H groups in total. The molecule has 0 saturated heterocycles. The van der Waals surface area contributed by atoms with Gasteiger partial charge in [0.1, 0.15) is 5.76 Å². The molecule has 0 aliphatic carbocycles. The van der Waals surface area contributed by atoms with Crippen LogP contribution in [0.25, 0.3) is 0 Å². The Labute approximate surface area is 90.3 Å². The highest BCUT2D eigenvalue weighted by Crippen LogP contribution is 2.09. The van der Waals surface area contributed by atoms with Crippen LogP contribution in [0.5, 0.6) is 0 Å². The van der Waals surface area contributed by atoms with Crippen molar-refractivity contribution in [3.8, 4) is 0 Å². The standard InChI is InChI=1S/C11H14O3S/c1-10(14-2)8-15(12,13)9-11-6-4-3-5-7-11/h3-8H,9H2,1-2H3. The van der Waals surface area contributed by atoms with Gasteiger partial charge in [-0.25, -0.2) is 8.42 Å². The number of allylic oxidation sites excluding steroid dienone is 1.